The normalized spacial score (nSPS) is 18.0. The summed E-state index contributed by atoms with van der Waals surface area (Å²) in [4.78, 5) is 27.9. The topological polar surface area (TPSA) is 122 Å². The van der Waals surface area contributed by atoms with E-state index in [9.17, 15) is 18.0 Å². The number of fused-ring (bicyclic) bond motifs is 1. The zero-order valence-corrected chi connectivity index (χ0v) is 23.8. The predicted molar refractivity (Wildman–Crippen MR) is 158 cm³/mol. The van der Waals surface area contributed by atoms with Gasteiger partial charge in [0.2, 0.25) is 15.9 Å². The number of likely N-dealkylation sites (tertiary alicyclic amines) is 1. The Kier molecular flexibility index (Phi) is 8.54. The van der Waals surface area contributed by atoms with E-state index in [1.165, 1.54) is 6.42 Å². The van der Waals surface area contributed by atoms with Gasteiger partial charge in [-0.1, -0.05) is 61.7 Å². The first-order valence-corrected chi connectivity index (χ1v) is 15.7. The number of rotatable bonds is 7. The van der Waals surface area contributed by atoms with E-state index in [1.54, 1.807) is 35.2 Å². The van der Waals surface area contributed by atoms with Crippen LogP contribution in [0.2, 0.25) is 0 Å². The van der Waals surface area contributed by atoms with Gasteiger partial charge in [-0.05, 0) is 62.3 Å². The molecule has 3 aromatic rings. The number of hydrogen-bond acceptors (Lipinski definition) is 5. The Hall–Kier alpha value is -3.27. The molecule has 9 heteroatoms. The Bertz CT molecular complexity index is 1490. The monoisotopic (exact) mass is 562 g/mol. The second-order valence-corrected chi connectivity index (χ2v) is 12.8. The predicted octanol–water partition coefficient (Wildman–Crippen LogP) is 4.58. The Morgan fingerprint density at radius 2 is 1.52 bits per heavy atom. The first-order chi connectivity index (χ1) is 19.2. The van der Waals surface area contributed by atoms with Gasteiger partial charge in [0, 0.05) is 41.2 Å². The van der Waals surface area contributed by atoms with Crippen LogP contribution in [0.25, 0.3) is 10.8 Å². The van der Waals surface area contributed by atoms with Crippen LogP contribution in [0, 0.1) is 12.8 Å². The van der Waals surface area contributed by atoms with Gasteiger partial charge in [-0.25, -0.2) is 13.1 Å². The fourth-order valence-electron chi connectivity index (χ4n) is 6.04. The van der Waals surface area contributed by atoms with Crippen molar-refractivity contribution < 1.29 is 18.0 Å². The summed E-state index contributed by atoms with van der Waals surface area (Å²) in [5, 5.41) is 4.12. The first kappa shape index (κ1) is 28.3. The van der Waals surface area contributed by atoms with Crippen molar-refractivity contribution in [1.82, 2.24) is 9.62 Å². The fourth-order valence-corrected chi connectivity index (χ4v) is 7.55. The van der Waals surface area contributed by atoms with Crippen LogP contribution in [0.15, 0.2) is 65.6 Å². The molecule has 0 bridgehead atoms. The van der Waals surface area contributed by atoms with Crippen molar-refractivity contribution in [2.24, 2.45) is 11.7 Å². The lowest BCUT2D eigenvalue weighted by atomic mass is 9.83. The third kappa shape index (κ3) is 6.06. The van der Waals surface area contributed by atoms with E-state index in [0.717, 1.165) is 31.2 Å². The van der Waals surface area contributed by atoms with Crippen LogP contribution < -0.4 is 15.8 Å². The highest BCUT2D eigenvalue weighted by Gasteiger charge is 2.33. The van der Waals surface area contributed by atoms with Crippen molar-refractivity contribution in [3.63, 3.8) is 0 Å². The highest BCUT2D eigenvalue weighted by atomic mass is 32.2. The van der Waals surface area contributed by atoms with Gasteiger partial charge in [-0.15, -0.1) is 0 Å². The summed E-state index contributed by atoms with van der Waals surface area (Å²) in [6.07, 6.45) is 6.55. The minimum absolute atomic E-state index is 0.0115. The molecule has 1 saturated carbocycles. The molecule has 1 aliphatic carbocycles. The van der Waals surface area contributed by atoms with Crippen LogP contribution in [0.3, 0.4) is 0 Å². The van der Waals surface area contributed by atoms with Crippen molar-refractivity contribution in [2.75, 3.05) is 18.4 Å². The van der Waals surface area contributed by atoms with Gasteiger partial charge in [0.25, 0.3) is 5.91 Å². The average Bonchev–Trinajstić information content (AvgIpc) is 2.97. The smallest absolute Gasteiger partial charge is 0.255 e. The lowest BCUT2D eigenvalue weighted by molar-refractivity contribution is -0.135. The number of aryl methyl sites for hydroxylation is 1. The van der Waals surface area contributed by atoms with Crippen molar-refractivity contribution in [3.05, 3.63) is 71.8 Å². The Morgan fingerprint density at radius 3 is 2.23 bits per heavy atom. The molecule has 1 saturated heterocycles. The number of hydrogen-bond donors (Lipinski definition) is 3. The van der Waals surface area contributed by atoms with Crippen LogP contribution in [-0.4, -0.2) is 50.3 Å². The van der Waals surface area contributed by atoms with E-state index in [4.69, 9.17) is 5.73 Å². The minimum atomic E-state index is -3.85. The molecule has 2 fully saturated rings. The van der Waals surface area contributed by atoms with E-state index < -0.39 is 16.1 Å². The van der Waals surface area contributed by atoms with E-state index >= 15 is 0 Å². The number of piperidine rings is 1. The van der Waals surface area contributed by atoms with Crippen LogP contribution >= 0.6 is 0 Å². The number of nitrogens with two attached hydrogens (primary N) is 1. The number of nitrogens with zero attached hydrogens (tertiary/aromatic N) is 1. The fraction of sp³-hybridized carbons (Fsp3) is 0.419. The number of anilines is 1. The van der Waals surface area contributed by atoms with Gasteiger partial charge in [0.1, 0.15) is 0 Å². The van der Waals surface area contributed by atoms with Gasteiger partial charge in [0.05, 0.1) is 10.9 Å². The largest absolute Gasteiger partial charge is 0.341 e. The second kappa shape index (κ2) is 12.1. The van der Waals surface area contributed by atoms with Crippen LogP contribution in [0.1, 0.15) is 60.9 Å². The van der Waals surface area contributed by atoms with Crippen molar-refractivity contribution in [3.8, 4) is 0 Å². The molecule has 212 valence electrons. The van der Waals surface area contributed by atoms with E-state index in [0.29, 0.717) is 48.0 Å². The SMILES string of the molecule is Cc1ccccc1C(=O)Nc1ccc(S(=O)(=O)NC2CCN(C(=O)C(N)C3CCCCC3)CC2)c2ccccc12. The summed E-state index contributed by atoms with van der Waals surface area (Å²) in [5.74, 6) is -0.0146. The standard InChI is InChI=1S/C31H38N4O4S/c1-21-9-5-6-12-24(21)30(36)33-27-15-16-28(26-14-8-7-13-25(26)27)40(38,39)34-23-17-19-35(20-18-23)31(37)29(32)22-10-3-2-4-11-22/h5-9,12-16,22-23,29,34H,2-4,10-11,17-20,32H2,1H3,(H,33,36). The molecule has 3 aromatic carbocycles. The number of nitrogens with one attached hydrogen (secondary N) is 2. The Morgan fingerprint density at radius 1 is 0.875 bits per heavy atom. The first-order valence-electron chi connectivity index (χ1n) is 14.2. The molecule has 1 unspecified atom stereocenters. The summed E-state index contributed by atoms with van der Waals surface area (Å²) in [5.41, 5.74) is 8.31. The summed E-state index contributed by atoms with van der Waals surface area (Å²) in [6, 6.07) is 16.9. The molecular formula is C31H38N4O4S. The summed E-state index contributed by atoms with van der Waals surface area (Å²) >= 11 is 0. The summed E-state index contributed by atoms with van der Waals surface area (Å²) in [6.45, 7) is 2.84. The third-order valence-electron chi connectivity index (χ3n) is 8.38. The maximum Gasteiger partial charge on any atom is 0.255 e. The van der Waals surface area contributed by atoms with Crippen molar-refractivity contribution in [2.45, 2.75) is 68.8 Å². The number of amides is 2. The maximum absolute atomic E-state index is 13.5. The maximum atomic E-state index is 13.5. The highest BCUT2D eigenvalue weighted by molar-refractivity contribution is 7.89. The molecule has 1 heterocycles. The molecular weight excluding hydrogens is 524 g/mol. The van der Waals surface area contributed by atoms with Crippen molar-refractivity contribution >= 4 is 38.3 Å². The molecule has 0 aromatic heterocycles. The minimum Gasteiger partial charge on any atom is -0.341 e. The summed E-state index contributed by atoms with van der Waals surface area (Å²) in [7, 11) is -3.85. The number of carbonyl (C=O) groups excluding carboxylic acids is 2. The molecule has 1 aliphatic heterocycles. The van der Waals surface area contributed by atoms with E-state index in [1.807, 2.05) is 37.3 Å². The molecule has 2 amide bonds. The third-order valence-corrected chi connectivity index (χ3v) is 9.96. The Balaban J connectivity index is 1.27. The van der Waals surface area contributed by atoms with E-state index in [-0.39, 0.29) is 28.7 Å². The molecule has 0 spiro atoms. The van der Waals surface area contributed by atoms with Crippen LogP contribution in [0.5, 0.6) is 0 Å². The zero-order valence-electron chi connectivity index (χ0n) is 22.9. The molecule has 2 aliphatic rings. The zero-order chi connectivity index (χ0) is 28.3. The van der Waals surface area contributed by atoms with Gasteiger partial charge in [-0.2, -0.15) is 0 Å². The Labute approximate surface area is 236 Å². The van der Waals surface area contributed by atoms with Gasteiger partial charge < -0.3 is 16.0 Å². The average molecular weight is 563 g/mol. The quantitative estimate of drug-likeness (QED) is 0.389. The molecule has 40 heavy (non-hydrogen) atoms. The molecule has 1 atom stereocenters. The number of sulfonamides is 1. The second-order valence-electron chi connectivity index (χ2n) is 11.1. The van der Waals surface area contributed by atoms with Crippen LogP contribution in [-0.2, 0) is 14.8 Å². The number of carbonyl (C=O) groups is 2. The number of benzene rings is 3. The molecule has 8 nitrogen and oxygen atoms in total. The molecule has 5 rings (SSSR count). The van der Waals surface area contributed by atoms with Crippen molar-refractivity contribution in [1.29, 1.82) is 0 Å². The van der Waals surface area contributed by atoms with Gasteiger partial charge in [0.15, 0.2) is 0 Å². The lowest BCUT2D eigenvalue weighted by Crippen LogP contribution is -2.53. The van der Waals surface area contributed by atoms with Gasteiger partial charge in [-0.3, -0.25) is 9.59 Å². The lowest BCUT2D eigenvalue weighted by Gasteiger charge is -2.36. The molecule has 4 N–H and O–H groups in total. The summed E-state index contributed by atoms with van der Waals surface area (Å²) < 4.78 is 30.0. The van der Waals surface area contributed by atoms with Gasteiger partial charge >= 0.3 is 0 Å². The van der Waals surface area contributed by atoms with Crippen LogP contribution in [0.4, 0.5) is 5.69 Å². The highest BCUT2D eigenvalue weighted by Crippen LogP contribution is 2.31. The molecule has 0 radical (unpaired) electrons. The van der Waals surface area contributed by atoms with E-state index in [2.05, 4.69) is 10.0 Å².